The summed E-state index contributed by atoms with van der Waals surface area (Å²) in [6, 6.07) is 3.94. The molecule has 2 rings (SSSR count). The Balaban J connectivity index is 2.10. The number of nitrogens with zero attached hydrogens (tertiary/aromatic N) is 2. The van der Waals surface area contributed by atoms with Crippen molar-refractivity contribution in [3.63, 3.8) is 0 Å². The molecule has 0 spiro atoms. The molecular formula is C18H22F3N3O2. The van der Waals surface area contributed by atoms with Crippen LogP contribution in [-0.2, 0) is 15.8 Å². The van der Waals surface area contributed by atoms with Crippen LogP contribution in [0.5, 0.6) is 0 Å². The zero-order chi connectivity index (χ0) is 19.5. The van der Waals surface area contributed by atoms with Gasteiger partial charge in [0.15, 0.2) is 0 Å². The monoisotopic (exact) mass is 369 g/mol. The van der Waals surface area contributed by atoms with Crippen molar-refractivity contribution in [1.82, 2.24) is 4.90 Å². The molecule has 5 nitrogen and oxygen atoms in total. The van der Waals surface area contributed by atoms with E-state index in [2.05, 4.69) is 0 Å². The number of piperidine rings is 1. The second kappa shape index (κ2) is 7.80. The van der Waals surface area contributed by atoms with E-state index >= 15 is 0 Å². The molecule has 142 valence electrons. The van der Waals surface area contributed by atoms with E-state index in [9.17, 15) is 22.8 Å². The third-order valence-corrected chi connectivity index (χ3v) is 4.44. The predicted molar refractivity (Wildman–Crippen MR) is 93.3 cm³/mol. The number of carbonyl (C=O) groups excluding carboxylic acids is 2. The third-order valence-electron chi connectivity index (χ3n) is 4.44. The minimum absolute atomic E-state index is 0.0644. The molecule has 1 fully saturated rings. The first-order valence-electron chi connectivity index (χ1n) is 8.24. The van der Waals surface area contributed by atoms with Gasteiger partial charge in [-0.05, 0) is 36.6 Å². The van der Waals surface area contributed by atoms with Gasteiger partial charge < -0.3 is 15.5 Å². The minimum atomic E-state index is -4.48. The predicted octanol–water partition coefficient (Wildman–Crippen LogP) is 2.51. The number of benzene rings is 1. The van der Waals surface area contributed by atoms with E-state index in [1.807, 2.05) is 0 Å². The van der Waals surface area contributed by atoms with Gasteiger partial charge in [-0.15, -0.1) is 0 Å². The molecule has 2 amide bonds. The van der Waals surface area contributed by atoms with E-state index in [1.54, 1.807) is 19.0 Å². The van der Waals surface area contributed by atoms with Gasteiger partial charge in [-0.2, -0.15) is 13.2 Å². The van der Waals surface area contributed by atoms with Crippen LogP contribution in [0.3, 0.4) is 0 Å². The zero-order valence-corrected chi connectivity index (χ0v) is 14.7. The van der Waals surface area contributed by atoms with Crippen molar-refractivity contribution in [3.8, 4) is 0 Å². The van der Waals surface area contributed by atoms with Crippen molar-refractivity contribution in [2.24, 2.45) is 11.7 Å². The Morgan fingerprint density at radius 3 is 2.35 bits per heavy atom. The second-order valence-electron chi connectivity index (χ2n) is 6.50. The lowest BCUT2D eigenvalue weighted by atomic mass is 9.96. The summed E-state index contributed by atoms with van der Waals surface area (Å²) in [4.78, 5) is 26.3. The third kappa shape index (κ3) is 4.77. The van der Waals surface area contributed by atoms with Crippen LogP contribution < -0.4 is 10.6 Å². The van der Waals surface area contributed by atoms with Crippen LogP contribution in [0.4, 0.5) is 18.9 Å². The average Bonchev–Trinajstić information content (AvgIpc) is 2.58. The number of rotatable bonds is 4. The van der Waals surface area contributed by atoms with Crippen molar-refractivity contribution in [3.05, 3.63) is 35.4 Å². The van der Waals surface area contributed by atoms with Crippen molar-refractivity contribution in [2.75, 3.05) is 32.1 Å². The molecule has 0 bridgehead atoms. The van der Waals surface area contributed by atoms with Crippen LogP contribution in [0.25, 0.3) is 6.08 Å². The summed E-state index contributed by atoms with van der Waals surface area (Å²) in [6.45, 7) is 0.814. The number of hydrogen-bond acceptors (Lipinski definition) is 3. The molecule has 0 unspecified atom stereocenters. The molecule has 0 radical (unpaired) electrons. The standard InChI is InChI=1S/C18H22F3N3O2/c1-23(2)15-5-3-12(11-14(15)18(19,20)21)4-6-16(25)24-9-7-13(8-10-24)17(22)26/h3-6,11,13H,7-10H2,1-2H3,(H2,22,26)/b6-4+. The number of primary amides is 1. The normalized spacial score (nSPS) is 16.1. The van der Waals surface area contributed by atoms with Gasteiger partial charge >= 0.3 is 6.18 Å². The van der Waals surface area contributed by atoms with Crippen LogP contribution in [0.2, 0.25) is 0 Å². The maximum absolute atomic E-state index is 13.2. The number of carbonyl (C=O) groups is 2. The van der Waals surface area contributed by atoms with Crippen LogP contribution in [0.1, 0.15) is 24.0 Å². The topological polar surface area (TPSA) is 66.6 Å². The van der Waals surface area contributed by atoms with Crippen molar-refractivity contribution >= 4 is 23.6 Å². The van der Waals surface area contributed by atoms with Gasteiger partial charge in [-0.3, -0.25) is 9.59 Å². The second-order valence-corrected chi connectivity index (χ2v) is 6.50. The lowest BCUT2D eigenvalue weighted by Gasteiger charge is -2.29. The Bertz CT molecular complexity index is 706. The first kappa shape index (κ1) is 19.8. The van der Waals surface area contributed by atoms with Crippen molar-refractivity contribution < 1.29 is 22.8 Å². The van der Waals surface area contributed by atoms with Gasteiger partial charge in [0.25, 0.3) is 0 Å². The molecule has 0 aliphatic carbocycles. The molecule has 1 aromatic rings. The average molecular weight is 369 g/mol. The Morgan fingerprint density at radius 1 is 1.23 bits per heavy atom. The Hall–Kier alpha value is -2.51. The molecule has 8 heteroatoms. The summed E-state index contributed by atoms with van der Waals surface area (Å²) in [7, 11) is 3.08. The zero-order valence-electron chi connectivity index (χ0n) is 14.7. The number of halogens is 3. The highest BCUT2D eigenvalue weighted by Crippen LogP contribution is 2.36. The number of hydrogen-bond donors (Lipinski definition) is 1. The first-order valence-corrected chi connectivity index (χ1v) is 8.24. The van der Waals surface area contributed by atoms with Gasteiger partial charge in [0.05, 0.1) is 5.56 Å². The molecule has 1 aliphatic rings. The van der Waals surface area contributed by atoms with Crippen LogP contribution in [0.15, 0.2) is 24.3 Å². The number of anilines is 1. The van der Waals surface area contributed by atoms with Gasteiger partial charge in [-0.1, -0.05) is 6.07 Å². The summed E-state index contributed by atoms with van der Waals surface area (Å²) in [6.07, 6.45) is -0.841. The molecule has 0 saturated carbocycles. The van der Waals surface area contributed by atoms with E-state index in [1.165, 1.54) is 29.2 Å². The number of likely N-dealkylation sites (tertiary alicyclic amines) is 1. The lowest BCUT2D eigenvalue weighted by Crippen LogP contribution is -2.41. The fourth-order valence-electron chi connectivity index (χ4n) is 2.93. The minimum Gasteiger partial charge on any atom is -0.377 e. The summed E-state index contributed by atoms with van der Waals surface area (Å²) in [5.74, 6) is -0.887. The maximum Gasteiger partial charge on any atom is 0.418 e. The Morgan fingerprint density at radius 2 is 1.85 bits per heavy atom. The molecule has 1 heterocycles. The summed E-state index contributed by atoms with van der Waals surface area (Å²) in [5.41, 5.74) is 4.86. The molecule has 0 aromatic heterocycles. The number of alkyl halides is 3. The highest BCUT2D eigenvalue weighted by atomic mass is 19.4. The lowest BCUT2D eigenvalue weighted by molar-refractivity contribution is -0.137. The smallest absolute Gasteiger partial charge is 0.377 e. The van der Waals surface area contributed by atoms with Crippen molar-refractivity contribution in [2.45, 2.75) is 19.0 Å². The van der Waals surface area contributed by atoms with Crippen LogP contribution in [-0.4, -0.2) is 43.9 Å². The quantitative estimate of drug-likeness (QED) is 0.830. The molecule has 1 aromatic carbocycles. The molecule has 2 N–H and O–H groups in total. The first-order chi connectivity index (χ1) is 12.1. The summed E-state index contributed by atoms with van der Waals surface area (Å²) < 4.78 is 39.6. The molecule has 1 saturated heterocycles. The Kier molecular flexibility index (Phi) is 5.94. The van der Waals surface area contributed by atoms with Crippen LogP contribution in [0, 0.1) is 5.92 Å². The maximum atomic E-state index is 13.2. The summed E-state index contributed by atoms with van der Waals surface area (Å²) >= 11 is 0. The van der Waals surface area contributed by atoms with Gasteiger partial charge in [-0.25, -0.2) is 0 Å². The van der Waals surface area contributed by atoms with E-state index in [0.29, 0.717) is 31.5 Å². The fraction of sp³-hybridized carbons (Fsp3) is 0.444. The number of nitrogens with two attached hydrogens (primary N) is 1. The molecular weight excluding hydrogens is 347 g/mol. The van der Waals surface area contributed by atoms with E-state index in [4.69, 9.17) is 5.73 Å². The van der Waals surface area contributed by atoms with Gasteiger partial charge in [0, 0.05) is 44.9 Å². The van der Waals surface area contributed by atoms with Gasteiger partial charge in [0.1, 0.15) is 0 Å². The van der Waals surface area contributed by atoms with E-state index in [0.717, 1.165) is 6.07 Å². The molecule has 0 atom stereocenters. The fourth-order valence-corrected chi connectivity index (χ4v) is 2.93. The highest BCUT2D eigenvalue weighted by Gasteiger charge is 2.34. The largest absolute Gasteiger partial charge is 0.418 e. The summed E-state index contributed by atoms with van der Waals surface area (Å²) in [5, 5.41) is 0. The number of amides is 2. The molecule has 1 aliphatic heterocycles. The van der Waals surface area contributed by atoms with E-state index in [-0.39, 0.29) is 23.4 Å². The van der Waals surface area contributed by atoms with Crippen LogP contribution >= 0.6 is 0 Å². The Labute approximate surface area is 150 Å². The highest BCUT2D eigenvalue weighted by molar-refractivity contribution is 5.92. The van der Waals surface area contributed by atoms with Crippen molar-refractivity contribution in [1.29, 1.82) is 0 Å². The van der Waals surface area contributed by atoms with E-state index < -0.39 is 11.7 Å². The molecule has 26 heavy (non-hydrogen) atoms. The SMILES string of the molecule is CN(C)c1ccc(/C=C/C(=O)N2CCC(C(N)=O)CC2)cc1C(F)(F)F. The van der Waals surface area contributed by atoms with Gasteiger partial charge in [0.2, 0.25) is 11.8 Å².